The van der Waals surface area contributed by atoms with E-state index in [2.05, 4.69) is 15.3 Å². The van der Waals surface area contributed by atoms with E-state index in [0.29, 0.717) is 11.4 Å². The minimum atomic E-state index is -0.0758. The molecular formula is C13H16N4O. The third kappa shape index (κ3) is 2.74. The molecule has 0 radical (unpaired) electrons. The summed E-state index contributed by atoms with van der Waals surface area (Å²) in [6.45, 7) is 4.02. The Morgan fingerprint density at radius 1 is 1.50 bits per heavy atom. The van der Waals surface area contributed by atoms with Gasteiger partial charge in [0.25, 0.3) is 5.91 Å². The van der Waals surface area contributed by atoms with Gasteiger partial charge in [-0.3, -0.25) is 9.36 Å². The zero-order valence-electron chi connectivity index (χ0n) is 10.5. The number of aromatic nitrogens is 3. The van der Waals surface area contributed by atoms with Crippen LogP contribution in [0.3, 0.4) is 0 Å². The first kappa shape index (κ1) is 12.3. The smallest absolute Gasteiger partial charge is 0.251 e. The topological polar surface area (TPSA) is 59.8 Å². The Kier molecular flexibility index (Phi) is 3.72. The van der Waals surface area contributed by atoms with Crippen LogP contribution in [-0.2, 0) is 0 Å². The first-order valence-electron chi connectivity index (χ1n) is 5.96. The van der Waals surface area contributed by atoms with E-state index in [1.165, 1.54) is 0 Å². The summed E-state index contributed by atoms with van der Waals surface area (Å²) in [6, 6.07) is 3.62. The molecule has 2 heterocycles. The first-order valence-corrected chi connectivity index (χ1v) is 5.96. The lowest BCUT2D eigenvalue weighted by Gasteiger charge is -2.11. The number of nitrogens with one attached hydrogen (secondary N) is 1. The number of rotatable bonds is 4. The van der Waals surface area contributed by atoms with Crippen LogP contribution in [-0.4, -0.2) is 26.5 Å². The van der Waals surface area contributed by atoms with E-state index in [1.807, 2.05) is 13.8 Å². The quantitative estimate of drug-likeness (QED) is 0.892. The summed E-state index contributed by atoms with van der Waals surface area (Å²) < 4.78 is 1.76. The third-order valence-corrected chi connectivity index (χ3v) is 2.77. The number of amides is 1. The van der Waals surface area contributed by atoms with E-state index < -0.39 is 0 Å². The molecule has 5 nitrogen and oxygen atoms in total. The van der Waals surface area contributed by atoms with Crippen LogP contribution < -0.4 is 5.32 Å². The van der Waals surface area contributed by atoms with Crippen LogP contribution >= 0.6 is 0 Å². The molecule has 2 aromatic rings. The van der Waals surface area contributed by atoms with Gasteiger partial charge in [0.2, 0.25) is 0 Å². The zero-order valence-corrected chi connectivity index (χ0v) is 10.5. The standard InChI is InChI=1S/C13H16N4O/c1-3-10(2)16-13(18)11-4-5-15-12(8-11)17-7-6-14-9-17/h4-10H,3H2,1-2H3,(H,16,18)/t10-/m1/s1. The van der Waals surface area contributed by atoms with Gasteiger partial charge in [-0.1, -0.05) is 6.92 Å². The van der Waals surface area contributed by atoms with Crippen LogP contribution in [0.1, 0.15) is 30.6 Å². The van der Waals surface area contributed by atoms with Crippen molar-refractivity contribution in [1.29, 1.82) is 0 Å². The van der Waals surface area contributed by atoms with E-state index >= 15 is 0 Å². The lowest BCUT2D eigenvalue weighted by Crippen LogP contribution is -2.31. The molecule has 94 valence electrons. The van der Waals surface area contributed by atoms with Gasteiger partial charge in [-0.05, 0) is 25.5 Å². The maximum atomic E-state index is 12.0. The molecule has 0 saturated heterocycles. The molecule has 0 fully saturated rings. The lowest BCUT2D eigenvalue weighted by molar-refractivity contribution is 0.0939. The van der Waals surface area contributed by atoms with Crippen LogP contribution in [0, 0.1) is 0 Å². The highest BCUT2D eigenvalue weighted by Gasteiger charge is 2.09. The molecule has 0 aliphatic heterocycles. The molecule has 2 aromatic heterocycles. The minimum absolute atomic E-state index is 0.0758. The van der Waals surface area contributed by atoms with Gasteiger partial charge >= 0.3 is 0 Å². The number of pyridine rings is 1. The van der Waals surface area contributed by atoms with Gasteiger partial charge in [0, 0.05) is 30.2 Å². The Bertz CT molecular complexity index is 522. The third-order valence-electron chi connectivity index (χ3n) is 2.77. The Hall–Kier alpha value is -2.17. The molecule has 5 heteroatoms. The molecule has 18 heavy (non-hydrogen) atoms. The maximum Gasteiger partial charge on any atom is 0.251 e. The van der Waals surface area contributed by atoms with Crippen molar-refractivity contribution in [2.75, 3.05) is 0 Å². The molecule has 0 saturated carbocycles. The highest BCUT2D eigenvalue weighted by Crippen LogP contribution is 2.07. The Morgan fingerprint density at radius 3 is 3.00 bits per heavy atom. The van der Waals surface area contributed by atoms with Crippen molar-refractivity contribution in [2.45, 2.75) is 26.3 Å². The molecule has 0 bridgehead atoms. The number of imidazole rings is 1. The van der Waals surface area contributed by atoms with Crippen molar-refractivity contribution in [1.82, 2.24) is 19.9 Å². The summed E-state index contributed by atoms with van der Waals surface area (Å²) in [6.07, 6.45) is 7.65. The number of carbonyl (C=O) groups excluding carboxylic acids is 1. The molecule has 0 unspecified atom stereocenters. The van der Waals surface area contributed by atoms with Gasteiger partial charge in [0.15, 0.2) is 0 Å². The monoisotopic (exact) mass is 244 g/mol. The van der Waals surface area contributed by atoms with E-state index in [4.69, 9.17) is 0 Å². The van der Waals surface area contributed by atoms with Crippen molar-refractivity contribution >= 4 is 5.91 Å². The second-order valence-electron chi connectivity index (χ2n) is 4.16. The molecule has 0 aliphatic carbocycles. The Balaban J connectivity index is 2.20. The largest absolute Gasteiger partial charge is 0.350 e. The molecular weight excluding hydrogens is 228 g/mol. The van der Waals surface area contributed by atoms with E-state index in [-0.39, 0.29) is 11.9 Å². The fourth-order valence-electron chi connectivity index (χ4n) is 1.50. The minimum Gasteiger partial charge on any atom is -0.350 e. The molecule has 0 aromatic carbocycles. The van der Waals surface area contributed by atoms with E-state index in [0.717, 1.165) is 6.42 Å². The molecule has 1 atom stereocenters. The Morgan fingerprint density at radius 2 is 2.33 bits per heavy atom. The summed E-state index contributed by atoms with van der Waals surface area (Å²) >= 11 is 0. The highest BCUT2D eigenvalue weighted by atomic mass is 16.1. The van der Waals surface area contributed by atoms with Gasteiger partial charge in [-0.2, -0.15) is 0 Å². The van der Waals surface area contributed by atoms with Gasteiger partial charge in [0.05, 0.1) is 0 Å². The van der Waals surface area contributed by atoms with E-state index in [1.54, 1.807) is 41.6 Å². The lowest BCUT2D eigenvalue weighted by atomic mass is 10.2. The Labute approximate surface area is 106 Å². The zero-order chi connectivity index (χ0) is 13.0. The van der Waals surface area contributed by atoms with Crippen molar-refractivity contribution < 1.29 is 4.79 Å². The maximum absolute atomic E-state index is 12.0. The van der Waals surface area contributed by atoms with Gasteiger partial charge in [0.1, 0.15) is 12.1 Å². The summed E-state index contributed by atoms with van der Waals surface area (Å²) in [7, 11) is 0. The predicted molar refractivity (Wildman–Crippen MR) is 68.6 cm³/mol. The molecule has 0 spiro atoms. The number of hydrogen-bond donors (Lipinski definition) is 1. The van der Waals surface area contributed by atoms with Crippen LogP contribution in [0.4, 0.5) is 0 Å². The number of hydrogen-bond acceptors (Lipinski definition) is 3. The van der Waals surface area contributed by atoms with Crippen molar-refractivity contribution in [3.05, 3.63) is 42.6 Å². The van der Waals surface area contributed by atoms with Crippen molar-refractivity contribution in [3.8, 4) is 5.82 Å². The van der Waals surface area contributed by atoms with Crippen molar-refractivity contribution in [3.63, 3.8) is 0 Å². The summed E-state index contributed by atoms with van der Waals surface area (Å²) in [5.74, 6) is 0.609. The fraction of sp³-hybridized carbons (Fsp3) is 0.308. The number of nitrogens with zero attached hydrogens (tertiary/aromatic N) is 3. The number of carbonyl (C=O) groups is 1. The van der Waals surface area contributed by atoms with Crippen LogP contribution in [0.15, 0.2) is 37.1 Å². The predicted octanol–water partition coefficient (Wildman–Crippen LogP) is 1.80. The molecule has 0 aliphatic rings. The summed E-state index contributed by atoms with van der Waals surface area (Å²) in [4.78, 5) is 20.1. The normalized spacial score (nSPS) is 12.1. The average Bonchev–Trinajstić information content (AvgIpc) is 2.92. The van der Waals surface area contributed by atoms with Gasteiger partial charge in [-0.15, -0.1) is 0 Å². The molecule has 1 amide bonds. The average molecular weight is 244 g/mol. The van der Waals surface area contributed by atoms with Crippen LogP contribution in [0.25, 0.3) is 5.82 Å². The van der Waals surface area contributed by atoms with Gasteiger partial charge < -0.3 is 5.32 Å². The van der Waals surface area contributed by atoms with Crippen LogP contribution in [0.5, 0.6) is 0 Å². The second kappa shape index (κ2) is 5.44. The van der Waals surface area contributed by atoms with Crippen molar-refractivity contribution in [2.24, 2.45) is 0 Å². The SMILES string of the molecule is CC[C@@H](C)NC(=O)c1ccnc(-n2ccnc2)c1. The van der Waals surface area contributed by atoms with Crippen LogP contribution in [0.2, 0.25) is 0 Å². The summed E-state index contributed by atoms with van der Waals surface area (Å²) in [5.41, 5.74) is 0.606. The summed E-state index contributed by atoms with van der Waals surface area (Å²) in [5, 5.41) is 2.93. The van der Waals surface area contributed by atoms with E-state index in [9.17, 15) is 4.79 Å². The molecule has 1 N–H and O–H groups in total. The molecule has 2 rings (SSSR count). The first-order chi connectivity index (χ1) is 8.70. The van der Waals surface area contributed by atoms with Gasteiger partial charge in [-0.25, -0.2) is 9.97 Å². The second-order valence-corrected chi connectivity index (χ2v) is 4.16. The highest BCUT2D eigenvalue weighted by molar-refractivity contribution is 5.94. The fourth-order valence-corrected chi connectivity index (χ4v) is 1.50.